The lowest BCUT2D eigenvalue weighted by Gasteiger charge is -2.37. The summed E-state index contributed by atoms with van der Waals surface area (Å²) in [5, 5.41) is 3.37. The summed E-state index contributed by atoms with van der Waals surface area (Å²) in [6, 6.07) is 6.97. The Kier molecular flexibility index (Phi) is 8.98. The standard InChI is InChI=1S/C17H25FN4.HI/c1-3-4-7-10-20-17(19-2)22-13-11-21(12-14-22)16-9-6-5-8-15(16)18;/h3-6,8-9H,7,10-14H2,1-2H3,(H,19,20);1H/b4-3+;. The summed E-state index contributed by atoms with van der Waals surface area (Å²) in [6.07, 6.45) is 5.18. The molecule has 0 saturated carbocycles. The van der Waals surface area contributed by atoms with Crippen molar-refractivity contribution in [3.63, 3.8) is 0 Å². The van der Waals surface area contributed by atoms with Gasteiger partial charge in [0.1, 0.15) is 5.82 Å². The molecular weight excluding hydrogens is 406 g/mol. The van der Waals surface area contributed by atoms with E-state index in [0.29, 0.717) is 5.69 Å². The molecule has 0 spiro atoms. The molecular formula is C17H26FIN4. The van der Waals surface area contributed by atoms with E-state index in [1.807, 2.05) is 19.1 Å². The molecule has 4 nitrogen and oxygen atoms in total. The number of benzene rings is 1. The van der Waals surface area contributed by atoms with Crippen molar-refractivity contribution in [3.8, 4) is 0 Å². The monoisotopic (exact) mass is 432 g/mol. The quantitative estimate of drug-likeness (QED) is 0.261. The molecule has 128 valence electrons. The van der Waals surface area contributed by atoms with Crippen molar-refractivity contribution in [1.82, 2.24) is 10.2 Å². The predicted molar refractivity (Wildman–Crippen MR) is 106 cm³/mol. The van der Waals surface area contributed by atoms with Gasteiger partial charge in [0.2, 0.25) is 0 Å². The SMILES string of the molecule is C/C=C/CCNC(=NC)N1CCN(c2ccccc2F)CC1.I. The van der Waals surface area contributed by atoms with Gasteiger partial charge in [-0.2, -0.15) is 0 Å². The van der Waals surface area contributed by atoms with Crippen LogP contribution in [0.1, 0.15) is 13.3 Å². The minimum Gasteiger partial charge on any atom is -0.366 e. The number of hydrogen-bond donors (Lipinski definition) is 1. The second-order valence-electron chi connectivity index (χ2n) is 5.26. The minimum absolute atomic E-state index is 0. The van der Waals surface area contributed by atoms with E-state index in [-0.39, 0.29) is 29.8 Å². The number of rotatable bonds is 4. The van der Waals surface area contributed by atoms with E-state index >= 15 is 0 Å². The van der Waals surface area contributed by atoms with E-state index in [0.717, 1.165) is 45.1 Å². The average molecular weight is 432 g/mol. The van der Waals surface area contributed by atoms with Gasteiger partial charge < -0.3 is 15.1 Å². The summed E-state index contributed by atoms with van der Waals surface area (Å²) in [4.78, 5) is 8.66. The Hall–Kier alpha value is -1.31. The van der Waals surface area contributed by atoms with Gasteiger partial charge in [0.25, 0.3) is 0 Å². The molecule has 2 rings (SSSR count). The third kappa shape index (κ3) is 5.67. The maximum atomic E-state index is 13.8. The number of aliphatic imine (C=N–C) groups is 1. The van der Waals surface area contributed by atoms with Crippen LogP contribution in [-0.4, -0.2) is 50.6 Å². The first-order valence-corrected chi connectivity index (χ1v) is 7.82. The van der Waals surface area contributed by atoms with E-state index in [1.54, 1.807) is 13.1 Å². The zero-order chi connectivity index (χ0) is 15.8. The number of piperazine rings is 1. The number of allylic oxidation sites excluding steroid dienone is 1. The Morgan fingerprint density at radius 1 is 1.26 bits per heavy atom. The van der Waals surface area contributed by atoms with Gasteiger partial charge in [-0.25, -0.2) is 4.39 Å². The minimum atomic E-state index is -0.148. The fourth-order valence-corrected chi connectivity index (χ4v) is 2.63. The lowest BCUT2D eigenvalue weighted by molar-refractivity contribution is 0.371. The van der Waals surface area contributed by atoms with Crippen molar-refractivity contribution >= 4 is 35.6 Å². The highest BCUT2D eigenvalue weighted by Crippen LogP contribution is 2.20. The zero-order valence-electron chi connectivity index (χ0n) is 13.8. The Morgan fingerprint density at radius 3 is 2.57 bits per heavy atom. The fourth-order valence-electron chi connectivity index (χ4n) is 2.63. The van der Waals surface area contributed by atoms with E-state index in [4.69, 9.17) is 0 Å². The predicted octanol–water partition coefficient (Wildman–Crippen LogP) is 3.11. The van der Waals surface area contributed by atoms with Crippen LogP contribution < -0.4 is 10.2 Å². The first-order valence-electron chi connectivity index (χ1n) is 7.82. The normalized spacial score (nSPS) is 15.7. The van der Waals surface area contributed by atoms with E-state index in [2.05, 4.69) is 32.3 Å². The topological polar surface area (TPSA) is 30.9 Å². The third-order valence-corrected chi connectivity index (χ3v) is 3.81. The van der Waals surface area contributed by atoms with E-state index < -0.39 is 0 Å². The Morgan fingerprint density at radius 2 is 1.96 bits per heavy atom. The zero-order valence-corrected chi connectivity index (χ0v) is 16.2. The number of halogens is 2. The number of nitrogens with zero attached hydrogens (tertiary/aromatic N) is 3. The largest absolute Gasteiger partial charge is 0.366 e. The van der Waals surface area contributed by atoms with Gasteiger partial charge in [0, 0.05) is 39.8 Å². The molecule has 1 aromatic rings. The Bertz CT molecular complexity index is 525. The average Bonchev–Trinajstić information content (AvgIpc) is 2.56. The molecule has 0 bridgehead atoms. The molecule has 0 unspecified atom stereocenters. The maximum absolute atomic E-state index is 13.8. The lowest BCUT2D eigenvalue weighted by atomic mass is 10.2. The number of hydrogen-bond acceptors (Lipinski definition) is 2. The number of nitrogens with one attached hydrogen (secondary N) is 1. The molecule has 0 radical (unpaired) electrons. The first kappa shape index (κ1) is 19.7. The van der Waals surface area contributed by atoms with Crippen molar-refractivity contribution in [2.75, 3.05) is 44.7 Å². The molecule has 0 atom stereocenters. The fraction of sp³-hybridized carbons (Fsp3) is 0.471. The van der Waals surface area contributed by atoms with Crippen LogP contribution in [0.25, 0.3) is 0 Å². The highest BCUT2D eigenvalue weighted by atomic mass is 127. The molecule has 0 aliphatic carbocycles. The van der Waals surface area contributed by atoms with Crippen molar-refractivity contribution in [2.45, 2.75) is 13.3 Å². The highest BCUT2D eigenvalue weighted by Gasteiger charge is 2.21. The van der Waals surface area contributed by atoms with Gasteiger partial charge >= 0.3 is 0 Å². The summed E-state index contributed by atoms with van der Waals surface area (Å²) in [5.74, 6) is 0.780. The molecule has 1 fully saturated rings. The summed E-state index contributed by atoms with van der Waals surface area (Å²) in [6.45, 7) is 6.20. The van der Waals surface area contributed by atoms with Gasteiger partial charge in [0.15, 0.2) is 5.96 Å². The first-order chi connectivity index (χ1) is 10.8. The summed E-state index contributed by atoms with van der Waals surface area (Å²) >= 11 is 0. The third-order valence-electron chi connectivity index (χ3n) is 3.81. The van der Waals surface area contributed by atoms with E-state index in [1.165, 1.54) is 6.07 Å². The van der Waals surface area contributed by atoms with Crippen LogP contribution >= 0.6 is 24.0 Å². The van der Waals surface area contributed by atoms with Crippen molar-refractivity contribution in [1.29, 1.82) is 0 Å². The van der Waals surface area contributed by atoms with Crippen LogP contribution in [-0.2, 0) is 0 Å². The summed E-state index contributed by atoms with van der Waals surface area (Å²) in [5.41, 5.74) is 0.693. The molecule has 1 N–H and O–H groups in total. The number of guanidine groups is 1. The molecule has 1 aliphatic heterocycles. The van der Waals surface area contributed by atoms with Crippen LogP contribution in [0.5, 0.6) is 0 Å². The van der Waals surface area contributed by atoms with Gasteiger partial charge in [0.05, 0.1) is 5.69 Å². The van der Waals surface area contributed by atoms with Crippen molar-refractivity contribution < 1.29 is 4.39 Å². The van der Waals surface area contributed by atoms with Crippen LogP contribution in [0, 0.1) is 5.82 Å². The Labute approximate surface area is 155 Å². The van der Waals surface area contributed by atoms with Crippen LogP contribution in [0.4, 0.5) is 10.1 Å². The maximum Gasteiger partial charge on any atom is 0.193 e. The van der Waals surface area contributed by atoms with Crippen molar-refractivity contribution in [3.05, 3.63) is 42.2 Å². The number of para-hydroxylation sites is 1. The molecule has 1 heterocycles. The second kappa shape index (κ2) is 10.5. The summed E-state index contributed by atoms with van der Waals surface area (Å²) in [7, 11) is 1.81. The van der Waals surface area contributed by atoms with Crippen molar-refractivity contribution in [2.24, 2.45) is 4.99 Å². The van der Waals surface area contributed by atoms with Gasteiger partial charge in [-0.1, -0.05) is 24.3 Å². The molecule has 0 amide bonds. The smallest absolute Gasteiger partial charge is 0.193 e. The van der Waals surface area contributed by atoms with Crippen LogP contribution in [0.15, 0.2) is 41.4 Å². The van der Waals surface area contributed by atoms with Gasteiger partial charge in [-0.15, -0.1) is 24.0 Å². The molecule has 23 heavy (non-hydrogen) atoms. The van der Waals surface area contributed by atoms with E-state index in [9.17, 15) is 4.39 Å². The second-order valence-corrected chi connectivity index (χ2v) is 5.26. The van der Waals surface area contributed by atoms with Crippen LogP contribution in [0.3, 0.4) is 0 Å². The molecule has 0 aromatic heterocycles. The highest BCUT2D eigenvalue weighted by molar-refractivity contribution is 14.0. The molecule has 1 aromatic carbocycles. The molecule has 1 saturated heterocycles. The van der Waals surface area contributed by atoms with Crippen LogP contribution in [0.2, 0.25) is 0 Å². The van der Waals surface area contributed by atoms with Gasteiger partial charge in [-0.05, 0) is 25.5 Å². The summed E-state index contributed by atoms with van der Waals surface area (Å²) < 4.78 is 13.8. The molecule has 6 heteroatoms. The lowest BCUT2D eigenvalue weighted by Crippen LogP contribution is -2.52. The number of anilines is 1. The Balaban J connectivity index is 0.00000264. The molecule has 1 aliphatic rings. The van der Waals surface area contributed by atoms with Gasteiger partial charge in [-0.3, -0.25) is 4.99 Å².